The first-order chi connectivity index (χ1) is 14.0. The molecule has 3 heterocycles. The van der Waals surface area contributed by atoms with Crippen LogP contribution in [0.2, 0.25) is 5.02 Å². The van der Waals surface area contributed by atoms with E-state index in [-0.39, 0.29) is 5.91 Å². The number of aromatic nitrogens is 3. The number of para-hydroxylation sites is 1. The van der Waals surface area contributed by atoms with Crippen LogP contribution in [0.3, 0.4) is 0 Å². The number of benzene rings is 1. The van der Waals surface area contributed by atoms with Crippen molar-refractivity contribution in [1.82, 2.24) is 25.0 Å². The quantitative estimate of drug-likeness (QED) is 0.696. The van der Waals surface area contributed by atoms with Gasteiger partial charge in [-0.25, -0.2) is 9.67 Å². The number of nitrogens with zero attached hydrogens (tertiary/aromatic N) is 4. The molecule has 152 valence electrons. The van der Waals surface area contributed by atoms with E-state index >= 15 is 0 Å². The van der Waals surface area contributed by atoms with Crippen LogP contribution in [-0.2, 0) is 4.74 Å². The Hall–Kier alpha value is -2.48. The normalized spacial score (nSPS) is 15.0. The van der Waals surface area contributed by atoms with Crippen molar-refractivity contribution in [3.63, 3.8) is 0 Å². The highest BCUT2D eigenvalue weighted by molar-refractivity contribution is 6.32. The Morgan fingerprint density at radius 1 is 1.24 bits per heavy atom. The maximum absolute atomic E-state index is 13.0. The first-order valence-electron chi connectivity index (χ1n) is 9.75. The lowest BCUT2D eigenvalue weighted by Gasteiger charge is -2.26. The molecule has 0 unspecified atom stereocenters. The van der Waals surface area contributed by atoms with E-state index in [1.54, 1.807) is 4.68 Å². The molecule has 0 aliphatic carbocycles. The van der Waals surface area contributed by atoms with Crippen LogP contribution in [0.25, 0.3) is 16.7 Å². The van der Waals surface area contributed by atoms with Crippen LogP contribution in [0.5, 0.6) is 0 Å². The van der Waals surface area contributed by atoms with Gasteiger partial charge in [-0.2, -0.15) is 5.10 Å². The first kappa shape index (κ1) is 19.8. The molecule has 7 nitrogen and oxygen atoms in total. The Morgan fingerprint density at radius 2 is 2.00 bits per heavy atom. The van der Waals surface area contributed by atoms with Gasteiger partial charge in [-0.15, -0.1) is 0 Å². The maximum atomic E-state index is 13.0. The third-order valence-electron chi connectivity index (χ3n) is 5.08. The second-order valence-electron chi connectivity index (χ2n) is 7.17. The summed E-state index contributed by atoms with van der Waals surface area (Å²) in [4.78, 5) is 19.9. The number of hydrogen-bond donors (Lipinski definition) is 1. The molecule has 8 heteroatoms. The summed E-state index contributed by atoms with van der Waals surface area (Å²) in [6.45, 7) is 8.45. The molecule has 0 radical (unpaired) electrons. The molecular weight excluding hydrogens is 390 g/mol. The Bertz CT molecular complexity index is 1040. The summed E-state index contributed by atoms with van der Waals surface area (Å²) in [7, 11) is 0. The van der Waals surface area contributed by atoms with Gasteiger partial charge in [0.15, 0.2) is 5.65 Å². The molecule has 1 amide bonds. The minimum Gasteiger partial charge on any atom is -0.379 e. The molecule has 0 spiro atoms. The Balaban J connectivity index is 1.63. The van der Waals surface area contributed by atoms with Crippen LogP contribution >= 0.6 is 11.6 Å². The van der Waals surface area contributed by atoms with Crippen LogP contribution in [0.15, 0.2) is 30.3 Å². The molecule has 0 atom stereocenters. The van der Waals surface area contributed by atoms with Gasteiger partial charge in [0.1, 0.15) is 0 Å². The summed E-state index contributed by atoms with van der Waals surface area (Å²) in [6, 6.07) is 9.29. The lowest BCUT2D eigenvalue weighted by atomic mass is 10.1. The molecule has 0 bridgehead atoms. The number of ether oxygens (including phenoxy) is 1. The van der Waals surface area contributed by atoms with Crippen molar-refractivity contribution >= 4 is 28.5 Å². The highest BCUT2D eigenvalue weighted by atomic mass is 35.5. The third kappa shape index (κ3) is 4.12. The van der Waals surface area contributed by atoms with E-state index in [0.717, 1.165) is 55.3 Å². The molecular formula is C21H24ClN5O2. The lowest BCUT2D eigenvalue weighted by molar-refractivity contribution is 0.0383. The molecule has 29 heavy (non-hydrogen) atoms. The van der Waals surface area contributed by atoms with Gasteiger partial charge in [0, 0.05) is 31.9 Å². The summed E-state index contributed by atoms with van der Waals surface area (Å²) < 4.78 is 7.08. The largest absolute Gasteiger partial charge is 0.379 e. The highest BCUT2D eigenvalue weighted by Crippen LogP contribution is 2.27. The molecule has 1 aromatic carbocycles. The molecule has 1 N–H and O–H groups in total. The van der Waals surface area contributed by atoms with Gasteiger partial charge < -0.3 is 10.1 Å². The molecule has 1 aliphatic heterocycles. The van der Waals surface area contributed by atoms with Gasteiger partial charge in [-0.05, 0) is 32.0 Å². The summed E-state index contributed by atoms with van der Waals surface area (Å²) >= 11 is 6.37. The Labute approximate surface area is 174 Å². The maximum Gasteiger partial charge on any atom is 0.252 e. The molecule has 0 saturated carbocycles. The number of morpholine rings is 1. The molecule has 1 fully saturated rings. The monoisotopic (exact) mass is 413 g/mol. The van der Waals surface area contributed by atoms with Crippen molar-refractivity contribution < 1.29 is 9.53 Å². The fraction of sp³-hybridized carbons (Fsp3) is 0.381. The van der Waals surface area contributed by atoms with Crippen LogP contribution in [-0.4, -0.2) is 65.0 Å². The molecule has 4 rings (SSSR count). The average Bonchev–Trinajstić information content (AvgIpc) is 3.04. The Morgan fingerprint density at radius 3 is 2.76 bits per heavy atom. The summed E-state index contributed by atoms with van der Waals surface area (Å²) in [5.74, 6) is -0.115. The van der Waals surface area contributed by atoms with Crippen molar-refractivity contribution in [3.8, 4) is 5.69 Å². The number of carbonyl (C=O) groups excluding carboxylic acids is 1. The third-order valence-corrected chi connectivity index (χ3v) is 5.40. The number of rotatable bonds is 5. The number of pyridine rings is 1. The van der Waals surface area contributed by atoms with Gasteiger partial charge >= 0.3 is 0 Å². The first-order valence-corrected chi connectivity index (χ1v) is 10.1. The van der Waals surface area contributed by atoms with E-state index in [2.05, 4.69) is 20.3 Å². The van der Waals surface area contributed by atoms with E-state index in [0.29, 0.717) is 22.8 Å². The zero-order valence-electron chi connectivity index (χ0n) is 16.6. The van der Waals surface area contributed by atoms with Gasteiger partial charge in [-0.1, -0.05) is 23.7 Å². The van der Waals surface area contributed by atoms with Gasteiger partial charge in [0.2, 0.25) is 0 Å². The van der Waals surface area contributed by atoms with E-state index in [4.69, 9.17) is 16.3 Å². The summed E-state index contributed by atoms with van der Waals surface area (Å²) in [6.07, 6.45) is 0. The smallest absolute Gasteiger partial charge is 0.252 e. The lowest BCUT2D eigenvalue weighted by Crippen LogP contribution is -2.41. The predicted molar refractivity (Wildman–Crippen MR) is 113 cm³/mol. The second kappa shape index (κ2) is 8.49. The zero-order chi connectivity index (χ0) is 20.4. The molecule has 1 aliphatic rings. The number of carbonyl (C=O) groups is 1. The second-order valence-corrected chi connectivity index (χ2v) is 7.58. The topological polar surface area (TPSA) is 72.3 Å². The van der Waals surface area contributed by atoms with Crippen LogP contribution in [0, 0.1) is 13.8 Å². The van der Waals surface area contributed by atoms with Crippen molar-refractivity contribution in [2.45, 2.75) is 13.8 Å². The minimum atomic E-state index is -0.115. The number of hydrogen-bond acceptors (Lipinski definition) is 5. The number of amides is 1. The minimum absolute atomic E-state index is 0.115. The van der Waals surface area contributed by atoms with Crippen molar-refractivity contribution in [3.05, 3.63) is 52.3 Å². The van der Waals surface area contributed by atoms with Gasteiger partial charge in [-0.3, -0.25) is 9.69 Å². The van der Waals surface area contributed by atoms with Gasteiger partial charge in [0.05, 0.1) is 40.6 Å². The van der Waals surface area contributed by atoms with Crippen molar-refractivity contribution in [2.75, 3.05) is 39.4 Å². The standard InChI is InChI=1S/C21H24ClN5O2/c1-14-13-16(21(28)23-7-8-26-9-11-29-12-10-26)19-15(2)25-27(20(19)24-14)18-6-4-3-5-17(18)22/h3-6,13H,7-12H2,1-2H3,(H,23,28). The van der Waals surface area contributed by atoms with Crippen LogP contribution in [0.4, 0.5) is 0 Å². The molecule has 3 aromatic rings. The van der Waals surface area contributed by atoms with Crippen LogP contribution < -0.4 is 5.32 Å². The SMILES string of the molecule is Cc1cc(C(=O)NCCN2CCOCC2)c2c(C)nn(-c3ccccc3Cl)c2n1. The number of halogens is 1. The zero-order valence-corrected chi connectivity index (χ0v) is 17.4. The highest BCUT2D eigenvalue weighted by Gasteiger charge is 2.20. The fourth-order valence-electron chi connectivity index (χ4n) is 3.63. The van der Waals surface area contributed by atoms with Crippen LogP contribution in [0.1, 0.15) is 21.7 Å². The molecule has 2 aromatic heterocycles. The molecule has 1 saturated heterocycles. The average molecular weight is 414 g/mol. The summed E-state index contributed by atoms with van der Waals surface area (Å²) in [5, 5.41) is 9.00. The fourth-order valence-corrected chi connectivity index (χ4v) is 3.85. The van der Waals surface area contributed by atoms with Gasteiger partial charge in [0.25, 0.3) is 5.91 Å². The number of fused-ring (bicyclic) bond motifs is 1. The Kier molecular flexibility index (Phi) is 5.80. The number of aryl methyl sites for hydroxylation is 2. The van der Waals surface area contributed by atoms with E-state index in [1.807, 2.05) is 44.2 Å². The van der Waals surface area contributed by atoms with E-state index in [1.165, 1.54) is 0 Å². The summed E-state index contributed by atoms with van der Waals surface area (Å²) in [5.41, 5.74) is 3.46. The number of nitrogens with one attached hydrogen (secondary N) is 1. The van der Waals surface area contributed by atoms with E-state index in [9.17, 15) is 4.79 Å². The predicted octanol–water partition coefficient (Wildman–Crippen LogP) is 2.75. The van der Waals surface area contributed by atoms with E-state index < -0.39 is 0 Å². The van der Waals surface area contributed by atoms with Crippen molar-refractivity contribution in [2.24, 2.45) is 0 Å². The van der Waals surface area contributed by atoms with Crippen molar-refractivity contribution in [1.29, 1.82) is 0 Å².